The standard InChI is InChI=1S/C6H10O2/c1-4-3-6(4,2)5(7)8/h4H,3H2,1-2H3,(H,7,8)/t4-,6+/m1/s1. The predicted octanol–water partition coefficient (Wildman–Crippen LogP) is 1.12. The molecular weight excluding hydrogens is 104 g/mol. The molecule has 0 unspecified atom stereocenters. The van der Waals surface area contributed by atoms with E-state index in [4.69, 9.17) is 5.11 Å². The molecule has 0 aliphatic heterocycles. The van der Waals surface area contributed by atoms with Crippen LogP contribution in [-0.4, -0.2) is 11.1 Å². The zero-order valence-electron chi connectivity index (χ0n) is 5.14. The Bertz CT molecular complexity index is 130. The lowest BCUT2D eigenvalue weighted by Crippen LogP contribution is -2.11. The van der Waals surface area contributed by atoms with E-state index < -0.39 is 5.97 Å². The molecule has 0 bridgehead atoms. The second-order valence-electron chi connectivity index (χ2n) is 2.83. The summed E-state index contributed by atoms with van der Waals surface area (Å²) in [5.41, 5.74) is -0.375. The molecule has 2 heteroatoms. The van der Waals surface area contributed by atoms with Gasteiger partial charge in [-0.2, -0.15) is 0 Å². The quantitative estimate of drug-likeness (QED) is 0.554. The van der Waals surface area contributed by atoms with E-state index in [1.807, 2.05) is 6.92 Å². The molecule has 2 nitrogen and oxygen atoms in total. The molecule has 0 saturated heterocycles. The summed E-state index contributed by atoms with van der Waals surface area (Å²) in [6, 6.07) is 0. The van der Waals surface area contributed by atoms with E-state index in [1.54, 1.807) is 6.92 Å². The van der Waals surface area contributed by atoms with Gasteiger partial charge >= 0.3 is 5.97 Å². The van der Waals surface area contributed by atoms with E-state index in [1.165, 1.54) is 0 Å². The van der Waals surface area contributed by atoms with Crippen LogP contribution in [0.2, 0.25) is 0 Å². The first-order valence-corrected chi connectivity index (χ1v) is 2.81. The van der Waals surface area contributed by atoms with Gasteiger partial charge in [0, 0.05) is 0 Å². The van der Waals surface area contributed by atoms with E-state index in [9.17, 15) is 4.79 Å². The maximum atomic E-state index is 10.3. The largest absolute Gasteiger partial charge is 0.481 e. The van der Waals surface area contributed by atoms with Crippen molar-refractivity contribution in [1.82, 2.24) is 0 Å². The monoisotopic (exact) mass is 114 g/mol. The number of carboxylic acids is 1. The minimum atomic E-state index is -0.648. The average Bonchev–Trinajstić information content (AvgIpc) is 2.17. The van der Waals surface area contributed by atoms with Gasteiger partial charge in [0.05, 0.1) is 5.41 Å². The van der Waals surface area contributed by atoms with Crippen LogP contribution in [0, 0.1) is 11.3 Å². The number of hydrogen-bond donors (Lipinski definition) is 1. The molecule has 0 spiro atoms. The Hall–Kier alpha value is -0.530. The van der Waals surface area contributed by atoms with Crippen LogP contribution in [0.25, 0.3) is 0 Å². The molecule has 0 aromatic carbocycles. The summed E-state index contributed by atoms with van der Waals surface area (Å²) in [6.07, 6.45) is 0.850. The Morgan fingerprint density at radius 3 is 2.25 bits per heavy atom. The maximum absolute atomic E-state index is 10.3. The molecule has 0 aromatic rings. The summed E-state index contributed by atoms with van der Waals surface area (Å²) in [6.45, 7) is 3.76. The second kappa shape index (κ2) is 1.24. The smallest absolute Gasteiger partial charge is 0.309 e. The van der Waals surface area contributed by atoms with E-state index in [2.05, 4.69) is 0 Å². The van der Waals surface area contributed by atoms with Crippen molar-refractivity contribution >= 4 is 5.97 Å². The highest BCUT2D eigenvalue weighted by Gasteiger charge is 2.53. The summed E-state index contributed by atoms with van der Waals surface area (Å²) in [5.74, 6) is -0.259. The molecule has 1 aliphatic rings. The molecule has 2 atom stereocenters. The Balaban J connectivity index is 2.60. The molecule has 1 saturated carbocycles. The van der Waals surface area contributed by atoms with Gasteiger partial charge in [-0.05, 0) is 19.3 Å². The molecule has 0 amide bonds. The van der Waals surface area contributed by atoms with Crippen molar-refractivity contribution < 1.29 is 9.90 Å². The molecule has 0 heterocycles. The van der Waals surface area contributed by atoms with Gasteiger partial charge in [0.15, 0.2) is 0 Å². The highest BCUT2D eigenvalue weighted by Crippen LogP contribution is 2.51. The van der Waals surface area contributed by atoms with Gasteiger partial charge < -0.3 is 5.11 Å². The van der Waals surface area contributed by atoms with Gasteiger partial charge in [0.1, 0.15) is 0 Å². The van der Waals surface area contributed by atoms with Crippen molar-refractivity contribution in [3.05, 3.63) is 0 Å². The van der Waals surface area contributed by atoms with Gasteiger partial charge in [-0.3, -0.25) is 4.79 Å². The van der Waals surface area contributed by atoms with Crippen LogP contribution in [0.5, 0.6) is 0 Å². The third-order valence-corrected chi connectivity index (χ3v) is 2.15. The fourth-order valence-corrected chi connectivity index (χ4v) is 0.875. The van der Waals surface area contributed by atoms with E-state index in [-0.39, 0.29) is 5.41 Å². The summed E-state index contributed by atoms with van der Waals surface area (Å²) < 4.78 is 0. The van der Waals surface area contributed by atoms with Gasteiger partial charge in [0.2, 0.25) is 0 Å². The maximum Gasteiger partial charge on any atom is 0.309 e. The molecule has 1 N–H and O–H groups in total. The number of rotatable bonds is 1. The molecule has 0 aromatic heterocycles. The van der Waals surface area contributed by atoms with Gasteiger partial charge in [-0.1, -0.05) is 6.92 Å². The first-order chi connectivity index (χ1) is 3.57. The van der Waals surface area contributed by atoms with E-state index in [0.717, 1.165) is 6.42 Å². The third kappa shape index (κ3) is 0.522. The number of aliphatic carboxylic acids is 1. The highest BCUT2D eigenvalue weighted by atomic mass is 16.4. The molecule has 0 radical (unpaired) electrons. The molecule has 46 valence electrons. The summed E-state index contributed by atoms with van der Waals surface area (Å²) >= 11 is 0. The van der Waals surface area contributed by atoms with Crippen LogP contribution in [0.15, 0.2) is 0 Å². The van der Waals surface area contributed by atoms with Crippen LogP contribution in [-0.2, 0) is 4.79 Å². The van der Waals surface area contributed by atoms with Crippen LogP contribution in [0.1, 0.15) is 20.3 Å². The topological polar surface area (TPSA) is 37.3 Å². The normalized spacial score (nSPS) is 44.0. The van der Waals surface area contributed by atoms with Crippen molar-refractivity contribution in [3.63, 3.8) is 0 Å². The van der Waals surface area contributed by atoms with Crippen molar-refractivity contribution in [3.8, 4) is 0 Å². The number of carboxylic acid groups (broad SMARTS) is 1. The Kier molecular flexibility index (Phi) is 0.872. The van der Waals surface area contributed by atoms with E-state index in [0.29, 0.717) is 5.92 Å². The second-order valence-corrected chi connectivity index (χ2v) is 2.83. The Morgan fingerprint density at radius 1 is 1.88 bits per heavy atom. The summed E-state index contributed by atoms with van der Waals surface area (Å²) in [4.78, 5) is 10.3. The van der Waals surface area contributed by atoms with Crippen LogP contribution >= 0.6 is 0 Å². The van der Waals surface area contributed by atoms with Crippen molar-refractivity contribution in [2.75, 3.05) is 0 Å². The third-order valence-electron chi connectivity index (χ3n) is 2.15. The summed E-state index contributed by atoms with van der Waals surface area (Å²) in [7, 11) is 0. The van der Waals surface area contributed by atoms with Gasteiger partial charge in [-0.25, -0.2) is 0 Å². The molecule has 1 rings (SSSR count). The van der Waals surface area contributed by atoms with Crippen molar-refractivity contribution in [2.45, 2.75) is 20.3 Å². The van der Waals surface area contributed by atoms with Gasteiger partial charge in [0.25, 0.3) is 0 Å². The molecule has 1 fully saturated rings. The fraction of sp³-hybridized carbons (Fsp3) is 0.833. The summed E-state index contributed by atoms with van der Waals surface area (Å²) in [5, 5.41) is 8.48. The molecule has 8 heavy (non-hydrogen) atoms. The van der Waals surface area contributed by atoms with Crippen molar-refractivity contribution in [2.24, 2.45) is 11.3 Å². The Labute approximate surface area is 48.5 Å². The lowest BCUT2D eigenvalue weighted by molar-refractivity contribution is -0.143. The lowest BCUT2D eigenvalue weighted by Gasteiger charge is -1.98. The van der Waals surface area contributed by atoms with Gasteiger partial charge in [-0.15, -0.1) is 0 Å². The number of carbonyl (C=O) groups is 1. The lowest BCUT2D eigenvalue weighted by atomic mass is 10.1. The predicted molar refractivity (Wildman–Crippen MR) is 29.5 cm³/mol. The fourth-order valence-electron chi connectivity index (χ4n) is 0.875. The van der Waals surface area contributed by atoms with E-state index >= 15 is 0 Å². The molecular formula is C6H10O2. The molecule has 1 aliphatic carbocycles. The first-order valence-electron chi connectivity index (χ1n) is 2.81. The van der Waals surface area contributed by atoms with Crippen LogP contribution in [0.3, 0.4) is 0 Å². The average molecular weight is 114 g/mol. The number of hydrogen-bond acceptors (Lipinski definition) is 1. The zero-order chi connectivity index (χ0) is 6.36. The van der Waals surface area contributed by atoms with Crippen LogP contribution < -0.4 is 0 Å². The minimum absolute atomic E-state index is 0.375. The Morgan fingerprint density at radius 2 is 2.25 bits per heavy atom. The first kappa shape index (κ1) is 5.60. The van der Waals surface area contributed by atoms with Crippen molar-refractivity contribution in [1.29, 1.82) is 0 Å². The SMILES string of the molecule is C[C@@H]1C[C@]1(C)C(=O)O. The highest BCUT2D eigenvalue weighted by molar-refractivity contribution is 5.77. The zero-order valence-corrected chi connectivity index (χ0v) is 5.14. The van der Waals surface area contributed by atoms with Crippen LogP contribution in [0.4, 0.5) is 0 Å². The minimum Gasteiger partial charge on any atom is -0.481 e.